The van der Waals surface area contributed by atoms with Gasteiger partial charge in [0.2, 0.25) is 0 Å². The lowest BCUT2D eigenvalue weighted by Crippen LogP contribution is -2.23. The largest absolute Gasteiger partial charge is 0.333 e. The lowest BCUT2D eigenvalue weighted by Gasteiger charge is -2.07. The van der Waals surface area contributed by atoms with Gasteiger partial charge in [0.15, 0.2) is 5.82 Å². The fourth-order valence-electron chi connectivity index (χ4n) is 1.80. The van der Waals surface area contributed by atoms with E-state index < -0.39 is 0 Å². The molecule has 0 unspecified atom stereocenters. The highest BCUT2D eigenvalue weighted by atomic mass is 16.1. The van der Waals surface area contributed by atoms with Crippen LogP contribution in [0.5, 0.6) is 0 Å². The Bertz CT molecular complexity index is 599. The van der Waals surface area contributed by atoms with Crippen molar-refractivity contribution < 1.29 is 0 Å². The summed E-state index contributed by atoms with van der Waals surface area (Å²) in [6.07, 6.45) is 6.07. The van der Waals surface area contributed by atoms with Gasteiger partial charge < -0.3 is 9.88 Å². The molecule has 96 valence electrons. The average molecular weight is 247 g/mol. The Morgan fingerprint density at radius 3 is 2.83 bits per heavy atom. The first-order valence-corrected chi connectivity index (χ1v) is 5.94. The molecule has 1 N–H and O–H groups in total. The summed E-state index contributed by atoms with van der Waals surface area (Å²) in [5.41, 5.74) is 1.53. The predicted octanol–water partition coefficient (Wildman–Crippen LogP) is 1.44. The first-order valence-electron chi connectivity index (χ1n) is 5.94. The van der Waals surface area contributed by atoms with Crippen molar-refractivity contribution in [3.8, 4) is 0 Å². The zero-order valence-corrected chi connectivity index (χ0v) is 10.8. The smallest absolute Gasteiger partial charge is 0.293 e. The van der Waals surface area contributed by atoms with Crippen LogP contribution in [-0.4, -0.2) is 19.3 Å². The van der Waals surface area contributed by atoms with E-state index in [2.05, 4.69) is 15.4 Å². The molecule has 0 spiro atoms. The highest BCUT2D eigenvalue weighted by Gasteiger charge is 2.08. The zero-order valence-electron chi connectivity index (χ0n) is 10.8. The molecule has 18 heavy (non-hydrogen) atoms. The highest BCUT2D eigenvalue weighted by molar-refractivity contribution is 5.56. The molecule has 0 bridgehead atoms. The van der Waals surface area contributed by atoms with Crippen LogP contribution in [0, 0.1) is 6.92 Å². The number of anilines is 2. The fraction of sp³-hybridized carbons (Fsp3) is 0.417. The van der Waals surface area contributed by atoms with Gasteiger partial charge in [-0.3, -0.25) is 9.48 Å². The van der Waals surface area contributed by atoms with Gasteiger partial charge in [-0.25, -0.2) is 4.98 Å². The Labute approximate surface area is 105 Å². The normalized spacial score (nSPS) is 10.6. The lowest BCUT2D eigenvalue weighted by atomic mass is 10.4. The van der Waals surface area contributed by atoms with E-state index in [0.29, 0.717) is 12.4 Å². The van der Waals surface area contributed by atoms with Crippen LogP contribution in [-0.2, 0) is 13.6 Å². The maximum atomic E-state index is 12.1. The Balaban J connectivity index is 2.32. The van der Waals surface area contributed by atoms with Crippen LogP contribution >= 0.6 is 0 Å². The van der Waals surface area contributed by atoms with Crippen LogP contribution < -0.4 is 10.9 Å². The summed E-state index contributed by atoms with van der Waals surface area (Å²) in [5, 5.41) is 7.25. The van der Waals surface area contributed by atoms with E-state index in [1.807, 2.05) is 27.1 Å². The lowest BCUT2D eigenvalue weighted by molar-refractivity contribution is 0.650. The zero-order chi connectivity index (χ0) is 13.1. The predicted molar refractivity (Wildman–Crippen MR) is 70.0 cm³/mol. The number of nitrogens with one attached hydrogen (secondary N) is 1. The number of nitrogens with zero attached hydrogens (tertiary/aromatic N) is 4. The van der Waals surface area contributed by atoms with Crippen LogP contribution in [0.25, 0.3) is 0 Å². The van der Waals surface area contributed by atoms with Gasteiger partial charge in [-0.2, -0.15) is 5.10 Å². The average Bonchev–Trinajstić information content (AvgIpc) is 2.63. The van der Waals surface area contributed by atoms with E-state index in [9.17, 15) is 4.79 Å². The number of aryl methyl sites for hydroxylation is 3. The summed E-state index contributed by atoms with van der Waals surface area (Å²) < 4.78 is 3.35. The van der Waals surface area contributed by atoms with Crippen molar-refractivity contribution in [2.24, 2.45) is 7.05 Å². The molecule has 2 aromatic heterocycles. The maximum absolute atomic E-state index is 12.1. The fourth-order valence-corrected chi connectivity index (χ4v) is 1.80. The molecular weight excluding hydrogens is 230 g/mol. The molecule has 0 saturated heterocycles. The van der Waals surface area contributed by atoms with Crippen LogP contribution in [0.15, 0.2) is 23.4 Å². The maximum Gasteiger partial charge on any atom is 0.293 e. The van der Waals surface area contributed by atoms with Gasteiger partial charge in [0, 0.05) is 32.2 Å². The first-order chi connectivity index (χ1) is 8.61. The van der Waals surface area contributed by atoms with Crippen LogP contribution in [0.2, 0.25) is 0 Å². The summed E-state index contributed by atoms with van der Waals surface area (Å²) in [6, 6.07) is 0. The number of aromatic nitrogens is 4. The SMILES string of the molecule is CCCn1ccnc(Nc2cn(C)nc2C)c1=O. The van der Waals surface area contributed by atoms with Crippen molar-refractivity contribution in [1.82, 2.24) is 19.3 Å². The van der Waals surface area contributed by atoms with Gasteiger partial charge in [-0.1, -0.05) is 6.92 Å². The summed E-state index contributed by atoms with van der Waals surface area (Å²) >= 11 is 0. The van der Waals surface area contributed by atoms with Crippen molar-refractivity contribution in [1.29, 1.82) is 0 Å². The molecule has 0 aromatic carbocycles. The van der Waals surface area contributed by atoms with Gasteiger partial charge in [-0.05, 0) is 13.3 Å². The summed E-state index contributed by atoms with van der Waals surface area (Å²) in [5.74, 6) is 0.335. The molecule has 2 rings (SSSR count). The molecule has 6 heteroatoms. The Morgan fingerprint density at radius 2 is 2.22 bits per heavy atom. The third-order valence-corrected chi connectivity index (χ3v) is 2.64. The van der Waals surface area contributed by atoms with E-state index in [1.54, 1.807) is 21.6 Å². The van der Waals surface area contributed by atoms with Crippen molar-refractivity contribution in [3.05, 3.63) is 34.6 Å². The van der Waals surface area contributed by atoms with E-state index in [1.165, 1.54) is 0 Å². The summed E-state index contributed by atoms with van der Waals surface area (Å²) in [6.45, 7) is 4.61. The minimum atomic E-state index is -0.109. The van der Waals surface area contributed by atoms with E-state index >= 15 is 0 Å². The second-order valence-corrected chi connectivity index (χ2v) is 4.20. The first kappa shape index (κ1) is 12.3. The quantitative estimate of drug-likeness (QED) is 0.887. The second-order valence-electron chi connectivity index (χ2n) is 4.20. The standard InChI is InChI=1S/C12H17N5O/c1-4-6-17-7-5-13-11(12(17)18)14-10-8-16(3)15-9(10)2/h5,7-8H,4,6H2,1-3H3,(H,13,14). The van der Waals surface area contributed by atoms with Crippen molar-refractivity contribution in [3.63, 3.8) is 0 Å². The van der Waals surface area contributed by atoms with Gasteiger partial charge >= 0.3 is 0 Å². The van der Waals surface area contributed by atoms with Crippen molar-refractivity contribution in [2.75, 3.05) is 5.32 Å². The van der Waals surface area contributed by atoms with Crippen LogP contribution in [0.3, 0.4) is 0 Å². The summed E-state index contributed by atoms with van der Waals surface area (Å²) in [7, 11) is 1.84. The molecule has 0 fully saturated rings. The Hall–Kier alpha value is -2.11. The summed E-state index contributed by atoms with van der Waals surface area (Å²) in [4.78, 5) is 16.2. The minimum Gasteiger partial charge on any atom is -0.333 e. The number of rotatable bonds is 4. The third kappa shape index (κ3) is 2.42. The molecule has 2 heterocycles. The van der Waals surface area contributed by atoms with Gasteiger partial charge in [0.05, 0.1) is 11.4 Å². The highest BCUT2D eigenvalue weighted by Crippen LogP contribution is 2.14. The molecule has 0 aliphatic rings. The number of hydrogen-bond acceptors (Lipinski definition) is 4. The molecule has 0 radical (unpaired) electrons. The second kappa shape index (κ2) is 5.03. The van der Waals surface area contributed by atoms with Gasteiger partial charge in [-0.15, -0.1) is 0 Å². The van der Waals surface area contributed by atoms with E-state index in [0.717, 1.165) is 17.8 Å². The Kier molecular flexibility index (Phi) is 3.45. The topological polar surface area (TPSA) is 64.7 Å². The molecule has 6 nitrogen and oxygen atoms in total. The van der Waals surface area contributed by atoms with E-state index in [-0.39, 0.29) is 5.56 Å². The molecular formula is C12H17N5O. The number of hydrogen-bond donors (Lipinski definition) is 1. The molecule has 2 aromatic rings. The third-order valence-electron chi connectivity index (χ3n) is 2.64. The van der Waals surface area contributed by atoms with Crippen LogP contribution in [0.4, 0.5) is 11.5 Å². The molecule has 0 aliphatic heterocycles. The van der Waals surface area contributed by atoms with E-state index in [4.69, 9.17) is 0 Å². The molecule has 0 atom stereocenters. The van der Waals surface area contributed by atoms with Crippen LogP contribution in [0.1, 0.15) is 19.0 Å². The van der Waals surface area contributed by atoms with Crippen molar-refractivity contribution >= 4 is 11.5 Å². The molecule has 0 saturated carbocycles. The van der Waals surface area contributed by atoms with Crippen molar-refractivity contribution in [2.45, 2.75) is 26.8 Å². The van der Waals surface area contributed by atoms with Gasteiger partial charge in [0.1, 0.15) is 0 Å². The monoisotopic (exact) mass is 247 g/mol. The molecule has 0 aliphatic carbocycles. The van der Waals surface area contributed by atoms with Gasteiger partial charge in [0.25, 0.3) is 5.56 Å². The Morgan fingerprint density at radius 1 is 1.44 bits per heavy atom. The minimum absolute atomic E-state index is 0.109. The molecule has 0 amide bonds.